The maximum atomic E-state index is 12.4. The second-order valence-corrected chi connectivity index (χ2v) is 5.24. The Bertz CT molecular complexity index is 842. The van der Waals surface area contributed by atoms with Gasteiger partial charge in [-0.05, 0) is 36.8 Å². The van der Waals surface area contributed by atoms with Crippen molar-refractivity contribution in [3.05, 3.63) is 53.1 Å². The Hall–Kier alpha value is -3.53. The maximum absolute atomic E-state index is 12.4. The summed E-state index contributed by atoms with van der Waals surface area (Å²) in [5, 5.41) is 12.9. The van der Waals surface area contributed by atoms with E-state index in [9.17, 15) is 4.79 Å². The Morgan fingerprint density at radius 2 is 1.58 bits per heavy atom. The van der Waals surface area contributed by atoms with Crippen LogP contribution in [0, 0.1) is 11.3 Å². The lowest BCUT2D eigenvalue weighted by atomic mass is 10.1. The molecule has 2 aromatic carbocycles. The van der Waals surface area contributed by atoms with E-state index in [-0.39, 0.29) is 0 Å². The number of hydrazone groups is 1. The van der Waals surface area contributed by atoms with Crippen molar-refractivity contribution in [2.75, 3.05) is 21.3 Å². The summed E-state index contributed by atoms with van der Waals surface area (Å²) in [4.78, 5) is 12.4. The van der Waals surface area contributed by atoms with Crippen LogP contribution >= 0.6 is 0 Å². The second-order valence-electron chi connectivity index (χ2n) is 5.24. The van der Waals surface area contributed by atoms with Gasteiger partial charge in [0, 0.05) is 5.56 Å². The van der Waals surface area contributed by atoms with Crippen molar-refractivity contribution in [1.82, 2.24) is 5.43 Å². The van der Waals surface area contributed by atoms with E-state index in [1.54, 1.807) is 43.3 Å². The van der Waals surface area contributed by atoms with Crippen molar-refractivity contribution < 1.29 is 19.0 Å². The molecule has 2 rings (SSSR count). The highest BCUT2D eigenvalue weighted by molar-refractivity contribution is 6.01. The molecule has 0 aliphatic carbocycles. The van der Waals surface area contributed by atoms with Crippen LogP contribution in [0.2, 0.25) is 0 Å². The molecule has 0 aliphatic heterocycles. The number of amides is 1. The first-order valence-corrected chi connectivity index (χ1v) is 7.69. The predicted molar refractivity (Wildman–Crippen MR) is 96.9 cm³/mol. The molecule has 26 heavy (non-hydrogen) atoms. The molecule has 0 atom stereocenters. The Balaban J connectivity index is 2.22. The molecule has 1 N–H and O–H groups in total. The lowest BCUT2D eigenvalue weighted by Gasteiger charge is -2.13. The fourth-order valence-electron chi connectivity index (χ4n) is 2.26. The molecule has 7 nitrogen and oxygen atoms in total. The number of ether oxygens (including phenoxy) is 3. The van der Waals surface area contributed by atoms with Gasteiger partial charge in [0.2, 0.25) is 5.75 Å². The van der Waals surface area contributed by atoms with Gasteiger partial charge in [0.15, 0.2) is 11.5 Å². The third kappa shape index (κ3) is 4.11. The molecule has 0 bridgehead atoms. The number of nitrogens with zero attached hydrogens (tertiary/aromatic N) is 2. The average molecular weight is 353 g/mol. The molecule has 0 heterocycles. The van der Waals surface area contributed by atoms with Crippen molar-refractivity contribution in [3.63, 3.8) is 0 Å². The smallest absolute Gasteiger partial charge is 0.271 e. The topological polar surface area (TPSA) is 92.9 Å². The largest absolute Gasteiger partial charge is 0.493 e. The third-order valence-corrected chi connectivity index (χ3v) is 3.68. The minimum Gasteiger partial charge on any atom is -0.493 e. The monoisotopic (exact) mass is 353 g/mol. The van der Waals surface area contributed by atoms with Crippen molar-refractivity contribution in [2.45, 2.75) is 6.92 Å². The van der Waals surface area contributed by atoms with Crippen LogP contribution in [0.5, 0.6) is 17.2 Å². The first-order chi connectivity index (χ1) is 12.5. The van der Waals surface area contributed by atoms with Gasteiger partial charge in [-0.3, -0.25) is 4.79 Å². The summed E-state index contributed by atoms with van der Waals surface area (Å²) in [6.07, 6.45) is 0. The Morgan fingerprint density at radius 1 is 1.00 bits per heavy atom. The number of nitrogens with one attached hydrogen (secondary N) is 1. The average Bonchev–Trinajstić information content (AvgIpc) is 2.70. The summed E-state index contributed by atoms with van der Waals surface area (Å²) in [5.74, 6) is 0.746. The Morgan fingerprint density at radius 3 is 2.04 bits per heavy atom. The normalized spacial score (nSPS) is 10.7. The van der Waals surface area contributed by atoms with Gasteiger partial charge in [0.25, 0.3) is 5.91 Å². The SMILES string of the molecule is COc1cc(C(=O)NN=C(C)c2ccc(C#N)cc2)cc(OC)c1OC. The second kappa shape index (κ2) is 8.53. The molecule has 0 aliphatic rings. The first-order valence-electron chi connectivity index (χ1n) is 7.69. The van der Waals surface area contributed by atoms with Gasteiger partial charge in [-0.15, -0.1) is 0 Å². The molecule has 0 saturated heterocycles. The van der Waals surface area contributed by atoms with E-state index < -0.39 is 5.91 Å². The predicted octanol–water partition coefficient (Wildman–Crippen LogP) is 2.74. The van der Waals surface area contributed by atoms with Crippen LogP contribution in [0.3, 0.4) is 0 Å². The molecule has 0 unspecified atom stereocenters. The lowest BCUT2D eigenvalue weighted by molar-refractivity contribution is 0.0954. The molecular formula is C19H19N3O4. The van der Waals surface area contributed by atoms with Crippen LogP contribution in [-0.2, 0) is 0 Å². The van der Waals surface area contributed by atoms with E-state index in [0.717, 1.165) is 5.56 Å². The standard InChI is InChI=1S/C19H19N3O4/c1-12(14-7-5-13(11-20)6-8-14)21-22-19(23)15-9-16(24-2)18(26-4)17(10-15)25-3/h5-10H,1-4H3,(H,22,23). The summed E-state index contributed by atoms with van der Waals surface area (Å²) in [6.45, 7) is 1.76. The van der Waals surface area contributed by atoms with E-state index in [1.165, 1.54) is 21.3 Å². The highest BCUT2D eigenvalue weighted by Gasteiger charge is 2.16. The molecule has 1 amide bonds. The van der Waals surface area contributed by atoms with Crippen LogP contribution in [0.15, 0.2) is 41.5 Å². The summed E-state index contributed by atoms with van der Waals surface area (Å²) in [5.41, 5.74) is 4.78. The zero-order chi connectivity index (χ0) is 19.1. The number of hydrogen-bond donors (Lipinski definition) is 1. The number of benzene rings is 2. The number of carbonyl (C=O) groups is 1. The van der Waals surface area contributed by atoms with Gasteiger partial charge >= 0.3 is 0 Å². The molecule has 0 aromatic heterocycles. The fourth-order valence-corrected chi connectivity index (χ4v) is 2.26. The molecule has 0 spiro atoms. The van der Waals surface area contributed by atoms with Crippen LogP contribution < -0.4 is 19.6 Å². The lowest BCUT2D eigenvalue weighted by Crippen LogP contribution is -2.19. The quantitative estimate of drug-likeness (QED) is 0.637. The molecular weight excluding hydrogens is 334 g/mol. The van der Waals surface area contributed by atoms with Crippen molar-refractivity contribution in [3.8, 4) is 23.3 Å². The number of hydrogen-bond acceptors (Lipinski definition) is 6. The minimum atomic E-state index is -0.419. The van der Waals surface area contributed by atoms with Gasteiger partial charge in [-0.2, -0.15) is 10.4 Å². The third-order valence-electron chi connectivity index (χ3n) is 3.68. The number of nitriles is 1. The Labute approximate surface area is 151 Å². The molecule has 7 heteroatoms. The van der Waals surface area contributed by atoms with Crippen molar-refractivity contribution in [1.29, 1.82) is 5.26 Å². The summed E-state index contributed by atoms with van der Waals surface area (Å²) in [6, 6.07) is 12.1. The van der Waals surface area contributed by atoms with E-state index >= 15 is 0 Å². The molecule has 2 aromatic rings. The molecule has 134 valence electrons. The number of methoxy groups -OCH3 is 3. The van der Waals surface area contributed by atoms with E-state index in [1.807, 2.05) is 0 Å². The van der Waals surface area contributed by atoms with Crippen molar-refractivity contribution in [2.24, 2.45) is 5.10 Å². The van der Waals surface area contributed by atoms with E-state index in [2.05, 4.69) is 16.6 Å². The number of rotatable bonds is 6. The minimum absolute atomic E-state index is 0.316. The number of carbonyl (C=O) groups excluding carboxylic acids is 1. The Kier molecular flexibility index (Phi) is 6.17. The van der Waals surface area contributed by atoms with Gasteiger partial charge in [-0.1, -0.05) is 12.1 Å². The summed E-state index contributed by atoms with van der Waals surface area (Å²) >= 11 is 0. The highest BCUT2D eigenvalue weighted by Crippen LogP contribution is 2.38. The van der Waals surface area contributed by atoms with Crippen molar-refractivity contribution >= 4 is 11.6 Å². The zero-order valence-corrected chi connectivity index (χ0v) is 15.0. The molecule has 0 saturated carbocycles. The van der Waals surface area contributed by atoms with Crippen LogP contribution in [0.4, 0.5) is 0 Å². The van der Waals surface area contributed by atoms with Crippen LogP contribution in [0.1, 0.15) is 28.4 Å². The first kappa shape index (κ1) is 18.8. The van der Waals surface area contributed by atoms with Crippen LogP contribution in [-0.4, -0.2) is 32.9 Å². The molecule has 0 fully saturated rings. The van der Waals surface area contributed by atoms with Gasteiger partial charge in [-0.25, -0.2) is 5.43 Å². The fraction of sp³-hybridized carbons (Fsp3) is 0.211. The maximum Gasteiger partial charge on any atom is 0.271 e. The zero-order valence-electron chi connectivity index (χ0n) is 15.0. The van der Waals surface area contributed by atoms with Gasteiger partial charge < -0.3 is 14.2 Å². The summed E-state index contributed by atoms with van der Waals surface area (Å²) in [7, 11) is 4.45. The van der Waals surface area contributed by atoms with E-state index in [4.69, 9.17) is 19.5 Å². The summed E-state index contributed by atoms with van der Waals surface area (Å²) < 4.78 is 15.7. The van der Waals surface area contributed by atoms with Gasteiger partial charge in [0.1, 0.15) is 0 Å². The molecule has 0 radical (unpaired) electrons. The van der Waals surface area contributed by atoms with E-state index in [0.29, 0.717) is 34.1 Å². The highest BCUT2D eigenvalue weighted by atomic mass is 16.5. The van der Waals surface area contributed by atoms with Gasteiger partial charge in [0.05, 0.1) is 38.7 Å². The van der Waals surface area contributed by atoms with Crippen LogP contribution in [0.25, 0.3) is 0 Å².